The number of rotatable bonds is 8. The molecule has 0 aliphatic carbocycles. The van der Waals surface area contributed by atoms with Crippen LogP contribution in [-0.2, 0) is 27.3 Å². The Morgan fingerprint density at radius 1 is 1.18 bits per heavy atom. The monoisotopic (exact) mass is 387 g/mol. The summed E-state index contributed by atoms with van der Waals surface area (Å²) in [7, 11) is 0. The van der Waals surface area contributed by atoms with Gasteiger partial charge in [-0.15, -0.1) is 0 Å². The highest BCUT2D eigenvalue weighted by Crippen LogP contribution is 2.30. The van der Waals surface area contributed by atoms with Crippen molar-refractivity contribution >= 4 is 23.8 Å². The molecule has 1 fully saturated rings. The highest BCUT2D eigenvalue weighted by molar-refractivity contribution is 6.04. The molecule has 8 nitrogen and oxygen atoms in total. The van der Waals surface area contributed by atoms with Crippen molar-refractivity contribution in [3.05, 3.63) is 35.4 Å². The second-order valence-corrected chi connectivity index (χ2v) is 7.33. The molecule has 0 unspecified atom stereocenters. The van der Waals surface area contributed by atoms with Crippen LogP contribution in [0.4, 0.5) is 4.79 Å². The molecule has 1 aromatic rings. The minimum Gasteiger partial charge on any atom is -0.480 e. The zero-order chi connectivity index (χ0) is 20.3. The van der Waals surface area contributed by atoms with Crippen LogP contribution < -0.4 is 5.32 Å². The normalized spacial score (nSPS) is 19.2. The van der Waals surface area contributed by atoms with Crippen LogP contribution in [0, 0.1) is 0 Å². The van der Waals surface area contributed by atoms with Crippen LogP contribution in [0.2, 0.25) is 0 Å². The summed E-state index contributed by atoms with van der Waals surface area (Å²) >= 11 is 0. The van der Waals surface area contributed by atoms with Gasteiger partial charge in [0.15, 0.2) is 0 Å². The Labute approximate surface area is 163 Å². The number of urea groups is 1. The van der Waals surface area contributed by atoms with Gasteiger partial charge in [0, 0.05) is 25.9 Å². The number of nitrogens with one attached hydrogen (secondary N) is 1. The Bertz CT molecular complexity index is 751. The van der Waals surface area contributed by atoms with E-state index in [1.807, 2.05) is 24.3 Å². The lowest BCUT2D eigenvalue weighted by molar-refractivity contribution is -0.141. The van der Waals surface area contributed by atoms with Gasteiger partial charge in [-0.1, -0.05) is 30.7 Å². The predicted octanol–water partition coefficient (Wildman–Crippen LogP) is 1.53. The molecule has 0 radical (unpaired) electrons. The van der Waals surface area contributed by atoms with Crippen molar-refractivity contribution in [1.82, 2.24) is 15.1 Å². The molecule has 0 saturated carbocycles. The largest absolute Gasteiger partial charge is 0.480 e. The standard InChI is InChI=1S/C20H25N3O5/c1-13(19(26)27)21-17(24)9-3-2-6-10-22-18(25)16-11-14-7-4-5-8-15(14)12-23(16)20(22)28/h4-5,7-8,13,16H,2-3,6,9-12H2,1H3,(H,21,24)(H,26,27)/t13-,16-/m1/s1. The molecule has 2 heterocycles. The Hall–Kier alpha value is -2.90. The Morgan fingerprint density at radius 2 is 1.89 bits per heavy atom. The number of imide groups is 1. The first-order valence-electron chi connectivity index (χ1n) is 9.59. The number of carbonyl (C=O) groups excluding carboxylic acids is 3. The lowest BCUT2D eigenvalue weighted by Crippen LogP contribution is -2.39. The molecule has 3 rings (SSSR count). The smallest absolute Gasteiger partial charge is 0.327 e. The van der Waals surface area contributed by atoms with E-state index in [0.717, 1.165) is 11.1 Å². The van der Waals surface area contributed by atoms with Crippen LogP contribution in [0.3, 0.4) is 0 Å². The third kappa shape index (κ3) is 4.16. The van der Waals surface area contributed by atoms with Gasteiger partial charge in [-0.25, -0.2) is 4.79 Å². The van der Waals surface area contributed by atoms with E-state index in [-0.39, 0.29) is 24.3 Å². The van der Waals surface area contributed by atoms with Gasteiger partial charge in [0.25, 0.3) is 5.91 Å². The quantitative estimate of drug-likeness (QED) is 0.520. The molecule has 1 aromatic carbocycles. The first-order valence-corrected chi connectivity index (χ1v) is 9.59. The van der Waals surface area contributed by atoms with E-state index in [1.54, 1.807) is 4.90 Å². The number of benzene rings is 1. The number of unbranched alkanes of at least 4 members (excludes halogenated alkanes) is 2. The van der Waals surface area contributed by atoms with Crippen molar-refractivity contribution in [3.8, 4) is 0 Å². The van der Waals surface area contributed by atoms with E-state index >= 15 is 0 Å². The van der Waals surface area contributed by atoms with Crippen molar-refractivity contribution in [2.75, 3.05) is 6.54 Å². The average Bonchev–Trinajstić information content (AvgIpc) is 2.90. The van der Waals surface area contributed by atoms with Crippen LogP contribution in [0.25, 0.3) is 0 Å². The highest BCUT2D eigenvalue weighted by Gasteiger charge is 2.46. The summed E-state index contributed by atoms with van der Waals surface area (Å²) in [4.78, 5) is 50.6. The molecule has 2 atom stereocenters. The molecular weight excluding hydrogens is 362 g/mol. The number of hydrogen-bond donors (Lipinski definition) is 2. The first-order chi connectivity index (χ1) is 13.4. The van der Waals surface area contributed by atoms with E-state index < -0.39 is 18.1 Å². The van der Waals surface area contributed by atoms with Crippen LogP contribution in [0.5, 0.6) is 0 Å². The maximum Gasteiger partial charge on any atom is 0.327 e. The van der Waals surface area contributed by atoms with Gasteiger partial charge >= 0.3 is 12.0 Å². The van der Waals surface area contributed by atoms with Crippen LogP contribution in [0.1, 0.15) is 43.7 Å². The van der Waals surface area contributed by atoms with Gasteiger partial charge in [0.2, 0.25) is 5.91 Å². The van der Waals surface area contributed by atoms with Gasteiger partial charge < -0.3 is 15.3 Å². The summed E-state index contributed by atoms with van der Waals surface area (Å²) in [5, 5.41) is 11.2. The van der Waals surface area contributed by atoms with E-state index in [4.69, 9.17) is 5.11 Å². The summed E-state index contributed by atoms with van der Waals surface area (Å²) in [5.74, 6) is -1.52. The summed E-state index contributed by atoms with van der Waals surface area (Å²) in [6.45, 7) is 2.22. The van der Waals surface area contributed by atoms with E-state index in [1.165, 1.54) is 11.8 Å². The fourth-order valence-electron chi connectivity index (χ4n) is 3.69. The van der Waals surface area contributed by atoms with E-state index in [0.29, 0.717) is 38.8 Å². The van der Waals surface area contributed by atoms with Gasteiger partial charge in [-0.05, 0) is 30.9 Å². The highest BCUT2D eigenvalue weighted by atomic mass is 16.4. The number of aliphatic carboxylic acids is 1. The number of nitrogens with zero attached hydrogens (tertiary/aromatic N) is 2. The number of hydrogen-bond acceptors (Lipinski definition) is 4. The SMILES string of the molecule is C[C@@H](NC(=O)CCCCCN1C(=O)[C@H]2Cc3ccccc3CN2C1=O)C(=O)O. The molecule has 0 spiro atoms. The zero-order valence-electron chi connectivity index (χ0n) is 15.9. The van der Waals surface area contributed by atoms with Gasteiger partial charge in [0.1, 0.15) is 12.1 Å². The molecular formula is C20H25N3O5. The topological polar surface area (TPSA) is 107 Å². The third-order valence-electron chi connectivity index (χ3n) is 5.31. The minimum absolute atomic E-state index is 0.146. The molecule has 2 aliphatic heterocycles. The Kier molecular flexibility index (Phi) is 5.96. The Morgan fingerprint density at radius 3 is 2.61 bits per heavy atom. The molecule has 4 amide bonds. The molecule has 1 saturated heterocycles. The predicted molar refractivity (Wildman–Crippen MR) is 100 cm³/mol. The number of amides is 4. The molecule has 2 aliphatic rings. The second kappa shape index (κ2) is 8.41. The summed E-state index contributed by atoms with van der Waals surface area (Å²) < 4.78 is 0. The van der Waals surface area contributed by atoms with Crippen LogP contribution in [-0.4, -0.2) is 57.3 Å². The number of carbonyl (C=O) groups is 4. The molecule has 2 N–H and O–H groups in total. The minimum atomic E-state index is -1.07. The molecule has 0 bridgehead atoms. The second-order valence-electron chi connectivity index (χ2n) is 7.33. The fraction of sp³-hybridized carbons (Fsp3) is 0.500. The van der Waals surface area contributed by atoms with Gasteiger partial charge in [-0.3, -0.25) is 19.3 Å². The maximum atomic E-state index is 12.7. The number of carboxylic acid groups (broad SMARTS) is 1. The lowest BCUT2D eigenvalue weighted by Gasteiger charge is -2.28. The Balaban J connectivity index is 1.44. The first kappa shape index (κ1) is 19.9. The fourth-order valence-corrected chi connectivity index (χ4v) is 3.69. The van der Waals surface area contributed by atoms with Crippen molar-refractivity contribution in [1.29, 1.82) is 0 Å². The summed E-state index contributed by atoms with van der Waals surface area (Å²) in [6, 6.07) is 6.32. The van der Waals surface area contributed by atoms with Crippen molar-refractivity contribution in [2.24, 2.45) is 0 Å². The summed E-state index contributed by atoms with van der Waals surface area (Å²) in [6.07, 6.45) is 2.65. The molecule has 0 aromatic heterocycles. The molecule has 8 heteroatoms. The molecule has 150 valence electrons. The van der Waals surface area contributed by atoms with Crippen molar-refractivity contribution < 1.29 is 24.3 Å². The van der Waals surface area contributed by atoms with Crippen LogP contribution in [0.15, 0.2) is 24.3 Å². The van der Waals surface area contributed by atoms with E-state index in [2.05, 4.69) is 5.32 Å². The number of fused-ring (bicyclic) bond motifs is 2. The van der Waals surface area contributed by atoms with Crippen LogP contribution >= 0.6 is 0 Å². The molecule has 28 heavy (non-hydrogen) atoms. The van der Waals surface area contributed by atoms with Crippen molar-refractivity contribution in [2.45, 2.75) is 57.7 Å². The maximum absolute atomic E-state index is 12.7. The van der Waals surface area contributed by atoms with Gasteiger partial charge in [0.05, 0.1) is 0 Å². The van der Waals surface area contributed by atoms with Gasteiger partial charge in [-0.2, -0.15) is 0 Å². The van der Waals surface area contributed by atoms with Crippen molar-refractivity contribution in [3.63, 3.8) is 0 Å². The zero-order valence-corrected chi connectivity index (χ0v) is 15.9. The number of carboxylic acids is 1. The summed E-state index contributed by atoms with van der Waals surface area (Å²) in [5.41, 5.74) is 2.21. The van der Waals surface area contributed by atoms with E-state index in [9.17, 15) is 19.2 Å². The average molecular weight is 387 g/mol. The lowest BCUT2D eigenvalue weighted by atomic mass is 9.95. The third-order valence-corrected chi connectivity index (χ3v) is 5.31.